The minimum Gasteiger partial charge on any atom is -0.494 e. The fourth-order valence-corrected chi connectivity index (χ4v) is 2.96. The van der Waals surface area contributed by atoms with Gasteiger partial charge in [0.2, 0.25) is 0 Å². The summed E-state index contributed by atoms with van der Waals surface area (Å²) in [5, 5.41) is 0. The van der Waals surface area contributed by atoms with Gasteiger partial charge in [0.05, 0.1) is 7.11 Å². The third kappa shape index (κ3) is 5.09. The van der Waals surface area contributed by atoms with Gasteiger partial charge in [-0.3, -0.25) is 4.79 Å². The van der Waals surface area contributed by atoms with Gasteiger partial charge >= 0.3 is 0 Å². The smallest absolute Gasteiger partial charge is 0.165 e. The summed E-state index contributed by atoms with van der Waals surface area (Å²) >= 11 is 0. The molecule has 0 amide bonds. The van der Waals surface area contributed by atoms with E-state index in [1.165, 1.54) is 51.6 Å². The van der Waals surface area contributed by atoms with Gasteiger partial charge in [-0.15, -0.1) is 0 Å². The third-order valence-electron chi connectivity index (χ3n) is 4.30. The molecule has 1 aromatic carbocycles. The predicted octanol–water partition coefficient (Wildman–Crippen LogP) is 4.06. The van der Waals surface area contributed by atoms with Crippen molar-refractivity contribution in [3.05, 3.63) is 29.6 Å². The molecule has 1 aliphatic heterocycles. The molecule has 0 bridgehead atoms. The Hall–Kier alpha value is -1.42. The molecule has 1 aromatic rings. The molecular formula is C18H26FNO2. The number of nitrogens with zero attached hydrogens (tertiary/aromatic N) is 1. The van der Waals surface area contributed by atoms with Crippen LogP contribution < -0.4 is 4.74 Å². The largest absolute Gasteiger partial charge is 0.494 e. The maximum atomic E-state index is 13.6. The number of carbonyl (C=O) groups is 1. The molecule has 1 saturated heterocycles. The van der Waals surface area contributed by atoms with Crippen LogP contribution in [0.2, 0.25) is 0 Å². The van der Waals surface area contributed by atoms with E-state index in [4.69, 9.17) is 4.74 Å². The second-order valence-corrected chi connectivity index (χ2v) is 5.99. The normalized spacial score (nSPS) is 15.7. The minimum absolute atomic E-state index is 0.0134. The first-order valence-electron chi connectivity index (χ1n) is 8.30. The molecule has 0 spiro atoms. The van der Waals surface area contributed by atoms with Crippen molar-refractivity contribution in [3.63, 3.8) is 0 Å². The highest BCUT2D eigenvalue weighted by atomic mass is 19.1. The van der Waals surface area contributed by atoms with E-state index in [0.717, 1.165) is 25.8 Å². The average molecular weight is 307 g/mol. The summed E-state index contributed by atoms with van der Waals surface area (Å²) in [5.74, 6) is -0.281. The van der Waals surface area contributed by atoms with Crippen LogP contribution in [0.1, 0.15) is 55.3 Å². The van der Waals surface area contributed by atoms with Crippen molar-refractivity contribution in [1.82, 2.24) is 4.90 Å². The molecular weight excluding hydrogens is 281 g/mol. The zero-order chi connectivity index (χ0) is 15.8. The van der Waals surface area contributed by atoms with Gasteiger partial charge < -0.3 is 9.64 Å². The van der Waals surface area contributed by atoms with Gasteiger partial charge in [-0.1, -0.05) is 12.8 Å². The molecule has 1 fully saturated rings. The van der Waals surface area contributed by atoms with Crippen molar-refractivity contribution in [1.29, 1.82) is 0 Å². The highest BCUT2D eigenvalue weighted by Gasteiger charge is 2.11. The second-order valence-electron chi connectivity index (χ2n) is 5.99. The van der Waals surface area contributed by atoms with E-state index in [0.29, 0.717) is 12.0 Å². The van der Waals surface area contributed by atoms with E-state index in [2.05, 4.69) is 4.90 Å². The molecule has 0 atom stereocenters. The standard InChI is InChI=1S/C18H26FNO2/c1-22-18-10-9-15(14-16(18)19)17(21)8-4-2-5-11-20-12-6-3-7-13-20/h9-10,14H,2-8,11-13H2,1H3. The summed E-state index contributed by atoms with van der Waals surface area (Å²) in [7, 11) is 1.42. The molecule has 0 N–H and O–H groups in total. The van der Waals surface area contributed by atoms with Crippen molar-refractivity contribution in [2.75, 3.05) is 26.7 Å². The van der Waals surface area contributed by atoms with E-state index < -0.39 is 5.82 Å². The number of rotatable bonds is 8. The van der Waals surface area contributed by atoms with E-state index in [9.17, 15) is 9.18 Å². The summed E-state index contributed by atoms with van der Waals surface area (Å²) in [6, 6.07) is 4.42. The number of hydrogen-bond acceptors (Lipinski definition) is 3. The summed E-state index contributed by atoms with van der Waals surface area (Å²) in [6.45, 7) is 3.60. The van der Waals surface area contributed by atoms with Crippen LogP contribution in [-0.2, 0) is 0 Å². The van der Waals surface area contributed by atoms with Gasteiger partial charge in [0.25, 0.3) is 0 Å². The SMILES string of the molecule is COc1ccc(C(=O)CCCCCN2CCCCC2)cc1F. The Labute approximate surface area is 132 Å². The fourth-order valence-electron chi connectivity index (χ4n) is 2.96. The van der Waals surface area contributed by atoms with Crippen LogP contribution >= 0.6 is 0 Å². The number of piperidine rings is 1. The maximum Gasteiger partial charge on any atom is 0.165 e. The first-order chi connectivity index (χ1) is 10.7. The highest BCUT2D eigenvalue weighted by Crippen LogP contribution is 2.19. The number of hydrogen-bond donors (Lipinski definition) is 0. The minimum atomic E-state index is -0.474. The lowest BCUT2D eigenvalue weighted by molar-refractivity contribution is 0.0978. The molecule has 3 nitrogen and oxygen atoms in total. The summed E-state index contributed by atoms with van der Waals surface area (Å²) in [5.41, 5.74) is 0.439. The molecule has 1 heterocycles. The van der Waals surface area contributed by atoms with Crippen LogP contribution in [0.25, 0.3) is 0 Å². The van der Waals surface area contributed by atoms with E-state index in [-0.39, 0.29) is 11.5 Å². The van der Waals surface area contributed by atoms with E-state index in [1.54, 1.807) is 6.07 Å². The average Bonchev–Trinajstić information content (AvgIpc) is 2.55. The van der Waals surface area contributed by atoms with Gasteiger partial charge in [-0.2, -0.15) is 0 Å². The number of benzene rings is 1. The Bertz CT molecular complexity index is 484. The number of ether oxygens (including phenoxy) is 1. The van der Waals surface area contributed by atoms with Gasteiger partial charge in [0, 0.05) is 12.0 Å². The Morgan fingerprint density at radius 2 is 1.95 bits per heavy atom. The number of carbonyl (C=O) groups excluding carboxylic acids is 1. The molecule has 22 heavy (non-hydrogen) atoms. The summed E-state index contributed by atoms with van der Waals surface area (Å²) in [4.78, 5) is 14.6. The van der Waals surface area contributed by atoms with Crippen molar-refractivity contribution >= 4 is 5.78 Å². The zero-order valence-corrected chi connectivity index (χ0v) is 13.4. The summed E-state index contributed by atoms with van der Waals surface area (Å²) < 4.78 is 18.4. The molecule has 0 aliphatic carbocycles. The van der Waals surface area contributed by atoms with Crippen molar-refractivity contribution < 1.29 is 13.9 Å². The molecule has 0 unspecified atom stereocenters. The Morgan fingerprint density at radius 3 is 2.64 bits per heavy atom. The number of ketones is 1. The third-order valence-corrected chi connectivity index (χ3v) is 4.30. The zero-order valence-electron chi connectivity index (χ0n) is 13.4. The fraction of sp³-hybridized carbons (Fsp3) is 0.611. The summed E-state index contributed by atoms with van der Waals surface area (Å²) in [6.07, 6.45) is 7.57. The highest BCUT2D eigenvalue weighted by molar-refractivity contribution is 5.96. The predicted molar refractivity (Wildman–Crippen MR) is 86.0 cm³/mol. The molecule has 2 rings (SSSR count). The van der Waals surface area contributed by atoms with Gasteiger partial charge in [-0.05, 0) is 63.5 Å². The lowest BCUT2D eigenvalue weighted by atomic mass is 10.0. The van der Waals surface area contributed by atoms with Crippen molar-refractivity contribution in [2.45, 2.75) is 44.9 Å². The monoisotopic (exact) mass is 307 g/mol. The molecule has 0 saturated carbocycles. The van der Waals surface area contributed by atoms with Crippen LogP contribution in [0.5, 0.6) is 5.75 Å². The van der Waals surface area contributed by atoms with Crippen LogP contribution in [0.3, 0.4) is 0 Å². The number of methoxy groups -OCH3 is 1. The van der Waals surface area contributed by atoms with Gasteiger partial charge in [-0.25, -0.2) is 4.39 Å². The van der Waals surface area contributed by atoms with Crippen LogP contribution in [-0.4, -0.2) is 37.4 Å². The Balaban J connectivity index is 1.66. The van der Waals surface area contributed by atoms with Crippen LogP contribution in [0.4, 0.5) is 4.39 Å². The Kier molecular flexibility index (Phi) is 6.84. The second kappa shape index (κ2) is 8.89. The van der Waals surface area contributed by atoms with E-state index >= 15 is 0 Å². The van der Waals surface area contributed by atoms with Gasteiger partial charge in [0.1, 0.15) is 0 Å². The van der Waals surface area contributed by atoms with Gasteiger partial charge in [0.15, 0.2) is 17.3 Å². The first kappa shape index (κ1) is 16.9. The topological polar surface area (TPSA) is 29.5 Å². The van der Waals surface area contributed by atoms with Crippen molar-refractivity contribution in [3.8, 4) is 5.75 Å². The van der Waals surface area contributed by atoms with Crippen LogP contribution in [0, 0.1) is 5.82 Å². The molecule has 122 valence electrons. The number of halogens is 1. The molecule has 0 radical (unpaired) electrons. The quantitative estimate of drug-likeness (QED) is 0.536. The lowest BCUT2D eigenvalue weighted by Crippen LogP contribution is -2.30. The van der Waals surface area contributed by atoms with E-state index in [1.807, 2.05) is 0 Å². The first-order valence-corrected chi connectivity index (χ1v) is 8.30. The maximum absolute atomic E-state index is 13.6. The number of Topliss-reactive ketones (excluding diaryl/α,β-unsaturated/α-hetero) is 1. The molecule has 4 heteroatoms. The number of likely N-dealkylation sites (tertiary alicyclic amines) is 1. The number of unbranched alkanes of at least 4 members (excludes halogenated alkanes) is 2. The van der Waals surface area contributed by atoms with Crippen LogP contribution in [0.15, 0.2) is 18.2 Å². The molecule has 0 aromatic heterocycles. The lowest BCUT2D eigenvalue weighted by Gasteiger charge is -2.26. The van der Waals surface area contributed by atoms with Crippen molar-refractivity contribution in [2.24, 2.45) is 0 Å². The Morgan fingerprint density at radius 1 is 1.18 bits per heavy atom. The molecule has 1 aliphatic rings.